The number of carbonyl (C=O) groups excluding carboxylic acids is 2. The van der Waals surface area contributed by atoms with Crippen LogP contribution in [0.4, 0.5) is 5.69 Å². The van der Waals surface area contributed by atoms with Crippen LogP contribution in [0.3, 0.4) is 0 Å². The number of carbonyl (C=O) groups is 2. The zero-order chi connectivity index (χ0) is 11.7. The van der Waals surface area contributed by atoms with Crippen molar-refractivity contribution in [2.45, 2.75) is 12.8 Å². The molecule has 1 aliphatic heterocycles. The van der Waals surface area contributed by atoms with Crippen molar-refractivity contribution in [3.05, 3.63) is 27.7 Å². The number of ketones is 1. The van der Waals surface area contributed by atoms with Crippen LogP contribution in [0.5, 0.6) is 0 Å². The number of amides is 1. The van der Waals surface area contributed by atoms with Crippen molar-refractivity contribution in [1.29, 1.82) is 0 Å². The Morgan fingerprint density at radius 3 is 2.75 bits per heavy atom. The Kier molecular flexibility index (Phi) is 3.30. The van der Waals surface area contributed by atoms with Gasteiger partial charge < -0.3 is 4.90 Å². The first kappa shape index (κ1) is 11.6. The third-order valence-electron chi connectivity index (χ3n) is 2.49. The van der Waals surface area contributed by atoms with Gasteiger partial charge in [-0.1, -0.05) is 17.7 Å². The highest BCUT2D eigenvalue weighted by Gasteiger charge is 2.26. The largest absolute Gasteiger partial charge is 0.310 e. The predicted octanol–water partition coefficient (Wildman–Crippen LogP) is 2.80. The van der Waals surface area contributed by atoms with Crippen LogP contribution in [0.1, 0.15) is 12.8 Å². The molecule has 3 nitrogen and oxygen atoms in total. The summed E-state index contributed by atoms with van der Waals surface area (Å²) in [5.41, 5.74) is 0.661. The number of hydrogen-bond donors (Lipinski definition) is 0. The lowest BCUT2D eigenvalue weighted by Crippen LogP contribution is -2.39. The van der Waals surface area contributed by atoms with Gasteiger partial charge in [0.25, 0.3) is 0 Å². The molecule has 0 bridgehead atoms. The molecule has 2 rings (SSSR count). The van der Waals surface area contributed by atoms with Gasteiger partial charge in [0.15, 0.2) is 0 Å². The van der Waals surface area contributed by atoms with Crippen molar-refractivity contribution in [2.24, 2.45) is 0 Å². The fourth-order valence-corrected chi connectivity index (χ4v) is 2.25. The molecular weight excluding hydrogens is 293 g/mol. The van der Waals surface area contributed by atoms with E-state index in [0.717, 1.165) is 4.47 Å². The number of hydrogen-bond acceptors (Lipinski definition) is 2. The summed E-state index contributed by atoms with van der Waals surface area (Å²) in [5.74, 6) is -0.191. The third kappa shape index (κ3) is 2.13. The Labute approximate surface area is 107 Å². The maximum Gasteiger partial charge on any atom is 0.234 e. The van der Waals surface area contributed by atoms with Gasteiger partial charge >= 0.3 is 0 Å². The summed E-state index contributed by atoms with van der Waals surface area (Å²) < 4.78 is 0.747. The molecule has 0 aromatic heterocycles. The van der Waals surface area contributed by atoms with Crippen LogP contribution in [0, 0.1) is 0 Å². The zero-order valence-electron chi connectivity index (χ0n) is 8.37. The first-order chi connectivity index (χ1) is 7.59. The number of halogens is 2. The standard InChI is InChI=1S/C11H9BrClNO2/c12-8-2-1-3-9(11(8)13)14-5-4-7(15)6-10(14)16/h1-3H,4-6H2. The fraction of sp³-hybridized carbons (Fsp3) is 0.273. The van der Waals surface area contributed by atoms with Crippen LogP contribution in [-0.2, 0) is 9.59 Å². The van der Waals surface area contributed by atoms with Crippen molar-refractivity contribution in [2.75, 3.05) is 11.4 Å². The molecule has 1 saturated heterocycles. The summed E-state index contributed by atoms with van der Waals surface area (Å²) in [6.07, 6.45) is 0.372. The minimum absolute atomic E-state index is 0.00707. The Morgan fingerprint density at radius 1 is 1.31 bits per heavy atom. The van der Waals surface area contributed by atoms with Gasteiger partial charge in [-0.25, -0.2) is 0 Å². The SMILES string of the molecule is O=C1CCN(c2cccc(Br)c2Cl)C(=O)C1. The Balaban J connectivity index is 2.34. The second-order valence-corrected chi connectivity index (χ2v) is 4.82. The van der Waals surface area contributed by atoms with E-state index in [4.69, 9.17) is 11.6 Å². The van der Waals surface area contributed by atoms with E-state index in [-0.39, 0.29) is 18.1 Å². The molecule has 1 fully saturated rings. The minimum atomic E-state index is -0.184. The quantitative estimate of drug-likeness (QED) is 0.748. The van der Waals surface area contributed by atoms with E-state index in [0.29, 0.717) is 23.7 Å². The van der Waals surface area contributed by atoms with Crippen LogP contribution in [0.2, 0.25) is 5.02 Å². The molecule has 0 saturated carbocycles. The molecule has 1 aromatic rings. The molecule has 0 radical (unpaired) electrons. The van der Waals surface area contributed by atoms with Crippen molar-refractivity contribution >= 4 is 44.9 Å². The Hall–Kier alpha value is -0.870. The van der Waals surface area contributed by atoms with Crippen LogP contribution in [0.25, 0.3) is 0 Å². The Bertz CT molecular complexity index is 461. The fourth-order valence-electron chi connectivity index (χ4n) is 1.67. The average molecular weight is 303 g/mol. The van der Waals surface area contributed by atoms with Gasteiger partial charge in [-0.2, -0.15) is 0 Å². The number of rotatable bonds is 1. The lowest BCUT2D eigenvalue weighted by molar-refractivity contribution is -0.128. The van der Waals surface area contributed by atoms with E-state index >= 15 is 0 Å². The molecule has 84 valence electrons. The molecule has 0 spiro atoms. The number of piperidine rings is 1. The summed E-state index contributed by atoms with van der Waals surface area (Å²) in [7, 11) is 0. The average Bonchev–Trinajstić information content (AvgIpc) is 2.23. The lowest BCUT2D eigenvalue weighted by atomic mass is 10.1. The van der Waals surface area contributed by atoms with Gasteiger partial charge in [-0.15, -0.1) is 0 Å². The van der Waals surface area contributed by atoms with E-state index in [1.54, 1.807) is 11.0 Å². The summed E-state index contributed by atoms with van der Waals surface area (Å²) >= 11 is 9.41. The molecular formula is C11H9BrClNO2. The summed E-state index contributed by atoms with van der Waals surface area (Å²) in [5, 5.41) is 0.505. The molecule has 1 aliphatic rings. The second-order valence-electron chi connectivity index (χ2n) is 3.58. The van der Waals surface area contributed by atoms with Gasteiger partial charge in [0.2, 0.25) is 5.91 Å². The molecule has 0 N–H and O–H groups in total. The van der Waals surface area contributed by atoms with Gasteiger partial charge in [-0.05, 0) is 28.1 Å². The van der Waals surface area contributed by atoms with E-state index in [9.17, 15) is 9.59 Å². The van der Waals surface area contributed by atoms with E-state index in [2.05, 4.69) is 15.9 Å². The monoisotopic (exact) mass is 301 g/mol. The third-order valence-corrected chi connectivity index (χ3v) is 3.77. The number of nitrogens with zero attached hydrogens (tertiary/aromatic N) is 1. The first-order valence-corrected chi connectivity index (χ1v) is 6.03. The van der Waals surface area contributed by atoms with E-state index < -0.39 is 0 Å². The van der Waals surface area contributed by atoms with Crippen molar-refractivity contribution < 1.29 is 9.59 Å². The lowest BCUT2D eigenvalue weighted by Gasteiger charge is -2.27. The number of benzene rings is 1. The summed E-state index contributed by atoms with van der Waals surface area (Å²) in [4.78, 5) is 24.4. The van der Waals surface area contributed by atoms with Gasteiger partial charge in [0.1, 0.15) is 5.78 Å². The summed E-state index contributed by atoms with van der Waals surface area (Å²) in [6, 6.07) is 5.40. The molecule has 5 heteroatoms. The van der Waals surface area contributed by atoms with Crippen LogP contribution in [0.15, 0.2) is 22.7 Å². The van der Waals surface area contributed by atoms with Crippen molar-refractivity contribution in [3.8, 4) is 0 Å². The zero-order valence-corrected chi connectivity index (χ0v) is 10.7. The maximum atomic E-state index is 11.7. The maximum absolute atomic E-state index is 11.7. The molecule has 16 heavy (non-hydrogen) atoms. The van der Waals surface area contributed by atoms with Crippen LogP contribution in [-0.4, -0.2) is 18.2 Å². The van der Waals surface area contributed by atoms with Crippen molar-refractivity contribution in [1.82, 2.24) is 0 Å². The number of Topliss-reactive ketones (excluding diaryl/α,β-unsaturated/α-hetero) is 1. The first-order valence-electron chi connectivity index (χ1n) is 4.85. The summed E-state index contributed by atoms with van der Waals surface area (Å²) in [6.45, 7) is 0.411. The highest BCUT2D eigenvalue weighted by Crippen LogP contribution is 2.33. The van der Waals surface area contributed by atoms with Gasteiger partial charge in [0.05, 0.1) is 17.1 Å². The van der Waals surface area contributed by atoms with Crippen LogP contribution >= 0.6 is 27.5 Å². The van der Waals surface area contributed by atoms with Gasteiger partial charge in [0, 0.05) is 17.4 Å². The predicted molar refractivity (Wildman–Crippen MR) is 65.7 cm³/mol. The molecule has 1 amide bonds. The van der Waals surface area contributed by atoms with Crippen molar-refractivity contribution in [3.63, 3.8) is 0 Å². The normalized spacial score (nSPS) is 16.8. The molecule has 1 heterocycles. The molecule has 0 aliphatic carbocycles. The molecule has 1 aromatic carbocycles. The second kappa shape index (κ2) is 4.55. The highest BCUT2D eigenvalue weighted by atomic mass is 79.9. The smallest absolute Gasteiger partial charge is 0.234 e. The minimum Gasteiger partial charge on any atom is -0.310 e. The highest BCUT2D eigenvalue weighted by molar-refractivity contribution is 9.10. The van der Waals surface area contributed by atoms with Crippen LogP contribution < -0.4 is 4.90 Å². The molecule has 0 atom stereocenters. The number of anilines is 1. The van der Waals surface area contributed by atoms with Gasteiger partial charge in [-0.3, -0.25) is 9.59 Å². The Morgan fingerprint density at radius 2 is 2.06 bits per heavy atom. The molecule has 0 unspecified atom stereocenters. The topological polar surface area (TPSA) is 37.4 Å². The van der Waals surface area contributed by atoms with E-state index in [1.807, 2.05) is 12.1 Å². The van der Waals surface area contributed by atoms with E-state index in [1.165, 1.54) is 0 Å².